The van der Waals surface area contributed by atoms with Crippen molar-refractivity contribution in [3.05, 3.63) is 59.7 Å². The zero-order chi connectivity index (χ0) is 15.2. The van der Waals surface area contributed by atoms with Gasteiger partial charge in [-0.25, -0.2) is 0 Å². The summed E-state index contributed by atoms with van der Waals surface area (Å²) >= 11 is 1.65. The first-order chi connectivity index (χ1) is 10.1. The summed E-state index contributed by atoms with van der Waals surface area (Å²) in [5.74, 6) is -0.193. The Kier molecular flexibility index (Phi) is 5.02. The van der Waals surface area contributed by atoms with Crippen LogP contribution in [0.3, 0.4) is 0 Å². The summed E-state index contributed by atoms with van der Waals surface area (Å²) in [4.78, 5) is 13.4. The average molecular weight is 296 g/mol. The first-order valence-corrected chi connectivity index (χ1v) is 7.56. The van der Waals surface area contributed by atoms with Crippen LogP contribution in [-0.2, 0) is 0 Å². The van der Waals surface area contributed by atoms with E-state index in [0.29, 0.717) is 22.1 Å². The Morgan fingerprint density at radius 3 is 2.52 bits per heavy atom. The molecule has 0 atom stereocenters. The van der Waals surface area contributed by atoms with Crippen LogP contribution >= 0.6 is 11.8 Å². The lowest BCUT2D eigenvalue weighted by molar-refractivity contribution is 0.102. The first-order valence-electron chi connectivity index (χ1n) is 6.68. The number of anilines is 1. The summed E-state index contributed by atoms with van der Waals surface area (Å²) in [6.45, 7) is 4.18. The molecule has 0 heterocycles. The van der Waals surface area contributed by atoms with Gasteiger partial charge in [-0.1, -0.05) is 38.1 Å². The second kappa shape index (κ2) is 6.96. The Morgan fingerprint density at radius 1 is 1.14 bits per heavy atom. The van der Waals surface area contributed by atoms with Gasteiger partial charge in [0.25, 0.3) is 5.91 Å². The van der Waals surface area contributed by atoms with Crippen LogP contribution in [-0.4, -0.2) is 11.2 Å². The standard InChI is InChI=1S/C17H16N2OS/c1-12(2)21-16-10-6-4-8-14(16)17(20)19-15-9-5-3-7-13(15)11-18/h3-10,12H,1-2H3,(H,19,20). The second-order valence-corrected chi connectivity index (χ2v) is 6.39. The lowest BCUT2D eigenvalue weighted by atomic mass is 10.1. The highest BCUT2D eigenvalue weighted by atomic mass is 32.2. The third-order valence-corrected chi connectivity index (χ3v) is 3.87. The van der Waals surface area contributed by atoms with Crippen LogP contribution in [0.2, 0.25) is 0 Å². The zero-order valence-corrected chi connectivity index (χ0v) is 12.8. The van der Waals surface area contributed by atoms with Gasteiger partial charge in [0.2, 0.25) is 0 Å². The maximum Gasteiger partial charge on any atom is 0.256 e. The van der Waals surface area contributed by atoms with Crippen molar-refractivity contribution >= 4 is 23.4 Å². The van der Waals surface area contributed by atoms with Crippen LogP contribution in [0.25, 0.3) is 0 Å². The van der Waals surface area contributed by atoms with Crippen LogP contribution in [0.1, 0.15) is 29.8 Å². The van der Waals surface area contributed by atoms with Gasteiger partial charge in [0.1, 0.15) is 6.07 Å². The maximum atomic E-state index is 12.5. The van der Waals surface area contributed by atoms with E-state index in [-0.39, 0.29) is 5.91 Å². The van der Waals surface area contributed by atoms with E-state index in [2.05, 4.69) is 25.2 Å². The number of thioether (sulfide) groups is 1. The van der Waals surface area contributed by atoms with E-state index >= 15 is 0 Å². The second-order valence-electron chi connectivity index (χ2n) is 4.77. The molecule has 2 aromatic carbocycles. The number of para-hydroxylation sites is 1. The number of nitrogens with zero attached hydrogens (tertiary/aromatic N) is 1. The van der Waals surface area contributed by atoms with E-state index in [0.717, 1.165) is 4.90 Å². The summed E-state index contributed by atoms with van der Waals surface area (Å²) in [7, 11) is 0. The van der Waals surface area contributed by atoms with Crippen molar-refractivity contribution in [1.29, 1.82) is 5.26 Å². The van der Waals surface area contributed by atoms with Gasteiger partial charge in [-0.05, 0) is 24.3 Å². The van der Waals surface area contributed by atoms with Gasteiger partial charge in [-0.2, -0.15) is 5.26 Å². The molecule has 1 N–H and O–H groups in total. The molecule has 0 radical (unpaired) electrons. The Morgan fingerprint density at radius 2 is 1.81 bits per heavy atom. The largest absolute Gasteiger partial charge is 0.321 e. The number of nitriles is 1. The maximum absolute atomic E-state index is 12.5. The average Bonchev–Trinajstić information content (AvgIpc) is 2.47. The van der Waals surface area contributed by atoms with Crippen molar-refractivity contribution < 1.29 is 4.79 Å². The molecule has 0 fully saturated rings. The van der Waals surface area contributed by atoms with Crippen molar-refractivity contribution in [3.63, 3.8) is 0 Å². The molecule has 2 aromatic rings. The molecule has 0 saturated heterocycles. The van der Waals surface area contributed by atoms with Gasteiger partial charge in [-0.3, -0.25) is 4.79 Å². The number of benzene rings is 2. The van der Waals surface area contributed by atoms with Gasteiger partial charge >= 0.3 is 0 Å². The lowest BCUT2D eigenvalue weighted by Gasteiger charge is -2.12. The molecule has 4 heteroatoms. The topological polar surface area (TPSA) is 52.9 Å². The SMILES string of the molecule is CC(C)Sc1ccccc1C(=O)Nc1ccccc1C#N. The molecular formula is C17H16N2OS. The van der Waals surface area contributed by atoms with Gasteiger partial charge in [0, 0.05) is 10.1 Å². The molecule has 0 bridgehead atoms. The molecule has 2 rings (SSSR count). The van der Waals surface area contributed by atoms with Gasteiger partial charge in [0.05, 0.1) is 16.8 Å². The lowest BCUT2D eigenvalue weighted by Crippen LogP contribution is -2.14. The predicted octanol–water partition coefficient (Wildman–Crippen LogP) is 4.31. The highest BCUT2D eigenvalue weighted by Crippen LogP contribution is 2.27. The van der Waals surface area contributed by atoms with Gasteiger partial charge < -0.3 is 5.32 Å². The minimum absolute atomic E-state index is 0.193. The summed E-state index contributed by atoms with van der Waals surface area (Å²) < 4.78 is 0. The molecule has 1 amide bonds. The number of amides is 1. The molecule has 0 aromatic heterocycles. The quantitative estimate of drug-likeness (QED) is 0.855. The molecule has 0 unspecified atom stereocenters. The number of rotatable bonds is 4. The fourth-order valence-corrected chi connectivity index (χ4v) is 2.84. The molecule has 0 spiro atoms. The van der Waals surface area contributed by atoms with Crippen molar-refractivity contribution in [3.8, 4) is 6.07 Å². The van der Waals surface area contributed by atoms with Crippen molar-refractivity contribution in [2.75, 3.05) is 5.32 Å². The first kappa shape index (κ1) is 15.1. The Balaban J connectivity index is 2.27. The fraction of sp³-hybridized carbons (Fsp3) is 0.176. The summed E-state index contributed by atoms with van der Waals surface area (Å²) in [5, 5.41) is 12.3. The molecule has 21 heavy (non-hydrogen) atoms. The molecule has 0 saturated carbocycles. The molecular weight excluding hydrogens is 280 g/mol. The van der Waals surface area contributed by atoms with E-state index in [1.165, 1.54) is 0 Å². The van der Waals surface area contributed by atoms with Crippen molar-refractivity contribution in [1.82, 2.24) is 0 Å². The Hall–Kier alpha value is -2.25. The van der Waals surface area contributed by atoms with Crippen LogP contribution in [0, 0.1) is 11.3 Å². The Labute approximate surface area is 129 Å². The highest BCUT2D eigenvalue weighted by Gasteiger charge is 2.13. The minimum Gasteiger partial charge on any atom is -0.321 e. The summed E-state index contributed by atoms with van der Waals surface area (Å²) in [6.07, 6.45) is 0. The number of carbonyl (C=O) groups excluding carboxylic acids is 1. The predicted molar refractivity (Wildman–Crippen MR) is 86.5 cm³/mol. The van der Waals surface area contributed by atoms with E-state index in [1.807, 2.05) is 18.2 Å². The van der Waals surface area contributed by atoms with E-state index in [1.54, 1.807) is 42.1 Å². The third-order valence-electron chi connectivity index (χ3n) is 2.79. The molecule has 0 aliphatic heterocycles. The summed E-state index contributed by atoms with van der Waals surface area (Å²) in [6, 6.07) is 16.6. The number of hydrogen-bond donors (Lipinski definition) is 1. The minimum atomic E-state index is -0.193. The van der Waals surface area contributed by atoms with Crippen LogP contribution in [0.5, 0.6) is 0 Å². The smallest absolute Gasteiger partial charge is 0.256 e. The van der Waals surface area contributed by atoms with Crippen LogP contribution in [0.4, 0.5) is 5.69 Å². The van der Waals surface area contributed by atoms with E-state index in [9.17, 15) is 4.79 Å². The Bertz CT molecular complexity index is 689. The normalized spacial score (nSPS) is 10.2. The third kappa shape index (κ3) is 3.87. The molecule has 0 aliphatic rings. The highest BCUT2D eigenvalue weighted by molar-refractivity contribution is 8.00. The molecule has 106 valence electrons. The van der Waals surface area contributed by atoms with Crippen LogP contribution < -0.4 is 5.32 Å². The van der Waals surface area contributed by atoms with Crippen molar-refractivity contribution in [2.24, 2.45) is 0 Å². The van der Waals surface area contributed by atoms with E-state index in [4.69, 9.17) is 5.26 Å². The summed E-state index contributed by atoms with van der Waals surface area (Å²) in [5.41, 5.74) is 1.62. The van der Waals surface area contributed by atoms with Gasteiger partial charge in [-0.15, -0.1) is 11.8 Å². The number of hydrogen-bond acceptors (Lipinski definition) is 3. The monoisotopic (exact) mass is 296 g/mol. The van der Waals surface area contributed by atoms with Crippen molar-refractivity contribution in [2.45, 2.75) is 24.0 Å². The van der Waals surface area contributed by atoms with Crippen LogP contribution in [0.15, 0.2) is 53.4 Å². The van der Waals surface area contributed by atoms with Gasteiger partial charge in [0.15, 0.2) is 0 Å². The fourth-order valence-electron chi connectivity index (χ4n) is 1.89. The number of carbonyl (C=O) groups is 1. The molecule has 0 aliphatic carbocycles. The molecule has 3 nitrogen and oxygen atoms in total. The number of nitrogens with one attached hydrogen (secondary N) is 1. The van der Waals surface area contributed by atoms with E-state index < -0.39 is 0 Å². The zero-order valence-electron chi connectivity index (χ0n) is 12.0.